The lowest BCUT2D eigenvalue weighted by Gasteiger charge is -2.05. The van der Waals surface area contributed by atoms with Gasteiger partial charge in [0.2, 0.25) is 0 Å². The van der Waals surface area contributed by atoms with Crippen molar-refractivity contribution in [2.24, 2.45) is 0 Å². The summed E-state index contributed by atoms with van der Waals surface area (Å²) < 4.78 is 2.29. The largest absolute Gasteiger partial charge is 0.133 e. The van der Waals surface area contributed by atoms with Gasteiger partial charge in [0.15, 0.2) is 0 Å². The first-order chi connectivity index (χ1) is 18.5. The Labute approximate surface area is 250 Å². The van der Waals surface area contributed by atoms with Gasteiger partial charge in [0.1, 0.15) is 0 Å². The summed E-state index contributed by atoms with van der Waals surface area (Å²) in [6.07, 6.45) is 14.0. The van der Waals surface area contributed by atoms with Crippen molar-refractivity contribution in [2.45, 2.75) is 113 Å². The molecule has 3 rings (SSSR count). The van der Waals surface area contributed by atoms with E-state index in [-0.39, 0.29) is 0 Å². The van der Waals surface area contributed by atoms with Crippen molar-refractivity contribution in [3.63, 3.8) is 0 Å². The molecule has 0 atom stereocenters. The molecule has 0 unspecified atom stereocenters. The molecule has 0 aliphatic carbocycles. The maximum absolute atomic E-state index is 4.81. The van der Waals surface area contributed by atoms with E-state index in [1.54, 1.807) is 22.7 Å². The maximum Gasteiger partial charge on any atom is 0.0818 e. The first kappa shape index (κ1) is 31.0. The molecule has 0 saturated carbocycles. The molecule has 0 spiro atoms. The lowest BCUT2D eigenvalue weighted by atomic mass is 10.00. The molecule has 38 heavy (non-hydrogen) atoms. The van der Waals surface area contributed by atoms with Crippen LogP contribution < -0.4 is 0 Å². The summed E-state index contributed by atoms with van der Waals surface area (Å²) in [5.41, 5.74) is 7.78. The van der Waals surface area contributed by atoms with E-state index in [4.69, 9.17) is 25.3 Å². The number of rotatable bonds is 12. The number of thiol groups is 2. The van der Waals surface area contributed by atoms with Gasteiger partial charge in [-0.15, -0.1) is 47.9 Å². The SMILES string of the molecule is CCCCc1c(S)sc(C#Cc2ccc(C#Cc3sc(S)c(CCCC)c3CCCC)cc2)c1CCCC. The molecule has 0 nitrogen and oxygen atoms in total. The van der Waals surface area contributed by atoms with E-state index in [1.807, 2.05) is 0 Å². The number of thiophene rings is 2. The van der Waals surface area contributed by atoms with E-state index < -0.39 is 0 Å². The summed E-state index contributed by atoms with van der Waals surface area (Å²) in [4.78, 5) is 2.38. The molecule has 2 heterocycles. The molecule has 202 valence electrons. The lowest BCUT2D eigenvalue weighted by molar-refractivity contribution is 0.755. The van der Waals surface area contributed by atoms with Crippen LogP contribution in [0.3, 0.4) is 0 Å². The van der Waals surface area contributed by atoms with Gasteiger partial charge < -0.3 is 0 Å². The molecule has 3 aromatic rings. The highest BCUT2D eigenvalue weighted by Crippen LogP contribution is 2.35. The molecule has 0 aliphatic heterocycles. The van der Waals surface area contributed by atoms with Crippen LogP contribution in [0.4, 0.5) is 0 Å². The molecule has 0 saturated heterocycles. The third kappa shape index (κ3) is 8.72. The average molecular weight is 579 g/mol. The second kappa shape index (κ2) is 16.5. The van der Waals surface area contributed by atoms with Crippen LogP contribution in [0, 0.1) is 23.7 Å². The highest BCUT2D eigenvalue weighted by molar-refractivity contribution is 7.83. The van der Waals surface area contributed by atoms with Gasteiger partial charge in [0, 0.05) is 11.1 Å². The fourth-order valence-electron chi connectivity index (χ4n) is 4.53. The van der Waals surface area contributed by atoms with Gasteiger partial charge in [-0.2, -0.15) is 0 Å². The zero-order valence-electron chi connectivity index (χ0n) is 23.5. The molecule has 0 bridgehead atoms. The fraction of sp³-hybridized carbons (Fsp3) is 0.471. The zero-order valence-corrected chi connectivity index (χ0v) is 26.9. The van der Waals surface area contributed by atoms with Crippen molar-refractivity contribution in [1.82, 2.24) is 0 Å². The molecule has 4 heteroatoms. The molecular formula is C34H42S4. The summed E-state index contributed by atoms with van der Waals surface area (Å²) >= 11 is 13.1. The van der Waals surface area contributed by atoms with E-state index in [0.717, 1.165) is 45.2 Å². The Kier molecular flexibility index (Phi) is 13.5. The van der Waals surface area contributed by atoms with E-state index in [9.17, 15) is 0 Å². The molecule has 0 fully saturated rings. The summed E-state index contributed by atoms with van der Waals surface area (Å²) in [5, 5.41) is 0. The van der Waals surface area contributed by atoms with Crippen LogP contribution in [0.25, 0.3) is 0 Å². The van der Waals surface area contributed by atoms with Gasteiger partial charge in [-0.25, -0.2) is 0 Å². The van der Waals surface area contributed by atoms with Gasteiger partial charge in [-0.1, -0.05) is 77.1 Å². The first-order valence-corrected chi connectivity index (χ1v) is 16.9. The fourth-order valence-corrected chi connectivity index (χ4v) is 7.55. The molecular weight excluding hydrogens is 537 g/mol. The molecule has 1 aromatic carbocycles. The number of hydrogen-bond acceptors (Lipinski definition) is 4. The number of hydrogen-bond donors (Lipinski definition) is 2. The highest BCUT2D eigenvalue weighted by atomic mass is 32.2. The van der Waals surface area contributed by atoms with Crippen LogP contribution in [-0.4, -0.2) is 0 Å². The minimum atomic E-state index is 1.03. The first-order valence-electron chi connectivity index (χ1n) is 14.3. The molecule has 0 aliphatic rings. The average Bonchev–Trinajstić information content (AvgIpc) is 3.40. The maximum atomic E-state index is 4.81. The van der Waals surface area contributed by atoms with Crippen molar-refractivity contribution >= 4 is 47.9 Å². The van der Waals surface area contributed by atoms with Gasteiger partial charge in [-0.3, -0.25) is 0 Å². The van der Waals surface area contributed by atoms with Crippen LogP contribution in [0.15, 0.2) is 32.7 Å². The molecule has 0 amide bonds. The Hall–Kier alpha value is -1.56. The third-order valence-electron chi connectivity index (χ3n) is 6.84. The quantitative estimate of drug-likeness (QED) is 0.155. The number of unbranched alkanes of at least 4 members (excludes halogenated alkanes) is 4. The Morgan fingerprint density at radius 3 is 1.13 bits per heavy atom. The van der Waals surface area contributed by atoms with Crippen molar-refractivity contribution in [1.29, 1.82) is 0 Å². The Morgan fingerprint density at radius 1 is 0.500 bits per heavy atom. The summed E-state index contributed by atoms with van der Waals surface area (Å²) in [5.74, 6) is 13.8. The van der Waals surface area contributed by atoms with Crippen molar-refractivity contribution in [3.05, 3.63) is 67.4 Å². The monoisotopic (exact) mass is 578 g/mol. The van der Waals surface area contributed by atoms with E-state index >= 15 is 0 Å². The van der Waals surface area contributed by atoms with E-state index in [2.05, 4.69) is 75.6 Å². The highest BCUT2D eigenvalue weighted by Gasteiger charge is 2.15. The van der Waals surface area contributed by atoms with Crippen LogP contribution in [0.5, 0.6) is 0 Å². The minimum Gasteiger partial charge on any atom is -0.133 e. The predicted molar refractivity (Wildman–Crippen MR) is 176 cm³/mol. The van der Waals surface area contributed by atoms with Gasteiger partial charge >= 0.3 is 0 Å². The van der Waals surface area contributed by atoms with Crippen LogP contribution >= 0.6 is 47.9 Å². The van der Waals surface area contributed by atoms with Crippen molar-refractivity contribution in [3.8, 4) is 23.7 Å². The van der Waals surface area contributed by atoms with Crippen LogP contribution in [-0.2, 0) is 25.7 Å². The van der Waals surface area contributed by atoms with E-state index in [1.165, 1.54) is 83.4 Å². The molecule has 0 radical (unpaired) electrons. The van der Waals surface area contributed by atoms with Crippen LogP contribution in [0.2, 0.25) is 0 Å². The van der Waals surface area contributed by atoms with Gasteiger partial charge in [0.25, 0.3) is 0 Å². The Bertz CT molecular complexity index is 1180. The summed E-state index contributed by atoms with van der Waals surface area (Å²) in [6.45, 7) is 9.00. The minimum absolute atomic E-state index is 1.03. The second-order valence-corrected chi connectivity index (χ2v) is 13.4. The van der Waals surface area contributed by atoms with E-state index in [0.29, 0.717) is 0 Å². The lowest BCUT2D eigenvalue weighted by Crippen LogP contribution is -1.94. The smallest absolute Gasteiger partial charge is 0.0818 e. The normalized spacial score (nSPS) is 10.7. The predicted octanol–water partition coefficient (Wildman–Crippen LogP) is 10.6. The molecule has 2 aromatic heterocycles. The molecule has 0 N–H and O–H groups in total. The van der Waals surface area contributed by atoms with Crippen molar-refractivity contribution < 1.29 is 0 Å². The van der Waals surface area contributed by atoms with Crippen molar-refractivity contribution in [2.75, 3.05) is 0 Å². The standard InChI is InChI=1S/C34H42S4/c1-5-9-13-27-29(15-11-7-3)33(35)37-31(27)23-21-25-17-19-26(20-18-25)22-24-32-28(14-10-6-2)30(16-12-8-4)34(36)38-32/h17-20,35-36H,5-16H2,1-4H3. The zero-order chi connectivity index (χ0) is 27.3. The Balaban J connectivity index is 1.81. The number of benzene rings is 1. The Morgan fingerprint density at radius 2 is 0.816 bits per heavy atom. The van der Waals surface area contributed by atoms with Gasteiger partial charge in [-0.05, 0) is 97.9 Å². The topological polar surface area (TPSA) is 0 Å². The second-order valence-electron chi connectivity index (χ2n) is 9.88. The third-order valence-corrected chi connectivity index (χ3v) is 9.91. The van der Waals surface area contributed by atoms with Gasteiger partial charge in [0.05, 0.1) is 18.2 Å². The van der Waals surface area contributed by atoms with Crippen LogP contribution in [0.1, 0.15) is 122 Å². The summed E-state index contributed by atoms with van der Waals surface area (Å²) in [6, 6.07) is 8.39. The summed E-state index contributed by atoms with van der Waals surface area (Å²) in [7, 11) is 0.